The number of aliphatic hydroxyl groups excluding tert-OH is 1. The molecule has 7 nitrogen and oxygen atoms in total. The van der Waals surface area contributed by atoms with Crippen LogP contribution in [0.1, 0.15) is 33.8 Å². The number of rotatable bonds is 4. The Kier molecular flexibility index (Phi) is 4.60. The summed E-state index contributed by atoms with van der Waals surface area (Å²) in [7, 11) is 0. The van der Waals surface area contributed by atoms with Gasteiger partial charge in [0.25, 0.3) is 5.91 Å². The van der Waals surface area contributed by atoms with Crippen LogP contribution < -0.4 is 5.32 Å². The number of amides is 1. The molecule has 0 spiro atoms. The number of likely N-dealkylation sites (tertiary alicyclic amines) is 1. The van der Waals surface area contributed by atoms with Crippen molar-refractivity contribution in [1.29, 1.82) is 0 Å². The molecule has 1 unspecified atom stereocenters. The SMILES string of the molecule is Cc1c(C(=O)N2CCCC(O)C2)sc2ncnc(NCc3ccco3)c12. The number of nitrogens with zero attached hydrogens (tertiary/aromatic N) is 3. The zero-order valence-electron chi connectivity index (χ0n) is 14.4. The Balaban J connectivity index is 1.63. The van der Waals surface area contributed by atoms with Gasteiger partial charge < -0.3 is 19.7 Å². The monoisotopic (exact) mass is 372 g/mol. The van der Waals surface area contributed by atoms with E-state index in [0.717, 1.165) is 34.4 Å². The fourth-order valence-electron chi connectivity index (χ4n) is 3.28. The highest BCUT2D eigenvalue weighted by atomic mass is 32.1. The third-order valence-electron chi connectivity index (χ3n) is 4.61. The maximum absolute atomic E-state index is 12.9. The van der Waals surface area contributed by atoms with Crippen molar-refractivity contribution in [3.8, 4) is 0 Å². The van der Waals surface area contributed by atoms with Crippen LogP contribution in [0, 0.1) is 6.92 Å². The number of fused-ring (bicyclic) bond motifs is 1. The van der Waals surface area contributed by atoms with Crippen molar-refractivity contribution in [3.63, 3.8) is 0 Å². The molecule has 0 bridgehead atoms. The van der Waals surface area contributed by atoms with E-state index in [9.17, 15) is 9.90 Å². The van der Waals surface area contributed by atoms with Gasteiger partial charge in [-0.15, -0.1) is 11.3 Å². The van der Waals surface area contributed by atoms with Gasteiger partial charge in [-0.05, 0) is 37.5 Å². The van der Waals surface area contributed by atoms with Crippen LogP contribution in [0.15, 0.2) is 29.1 Å². The number of hydrogen-bond acceptors (Lipinski definition) is 7. The Morgan fingerprint density at radius 2 is 2.38 bits per heavy atom. The molecule has 2 N–H and O–H groups in total. The van der Waals surface area contributed by atoms with Crippen LogP contribution in [0.3, 0.4) is 0 Å². The van der Waals surface area contributed by atoms with E-state index >= 15 is 0 Å². The van der Waals surface area contributed by atoms with Crippen LogP contribution in [-0.4, -0.2) is 45.1 Å². The fourth-order valence-corrected chi connectivity index (χ4v) is 4.39. The first-order valence-corrected chi connectivity index (χ1v) is 9.43. The van der Waals surface area contributed by atoms with Gasteiger partial charge in [0.15, 0.2) is 0 Å². The second kappa shape index (κ2) is 7.05. The van der Waals surface area contributed by atoms with Crippen LogP contribution in [-0.2, 0) is 6.54 Å². The van der Waals surface area contributed by atoms with Gasteiger partial charge in [0.2, 0.25) is 0 Å². The largest absolute Gasteiger partial charge is 0.467 e. The lowest BCUT2D eigenvalue weighted by Gasteiger charge is -2.29. The van der Waals surface area contributed by atoms with Gasteiger partial charge in [0.1, 0.15) is 22.7 Å². The number of nitrogens with one attached hydrogen (secondary N) is 1. The molecule has 1 aliphatic heterocycles. The summed E-state index contributed by atoms with van der Waals surface area (Å²) < 4.78 is 5.34. The summed E-state index contributed by atoms with van der Waals surface area (Å²) >= 11 is 1.38. The molecular formula is C18H20N4O3S. The third-order valence-corrected chi connectivity index (χ3v) is 5.80. The molecule has 1 fully saturated rings. The molecule has 4 rings (SSSR count). The second-order valence-corrected chi connectivity index (χ2v) is 7.44. The van der Waals surface area contributed by atoms with E-state index in [1.54, 1.807) is 11.2 Å². The molecule has 1 aliphatic rings. The Bertz CT molecular complexity index is 922. The van der Waals surface area contributed by atoms with Crippen LogP contribution >= 0.6 is 11.3 Å². The molecule has 4 heterocycles. The molecule has 26 heavy (non-hydrogen) atoms. The van der Waals surface area contributed by atoms with Crippen molar-refractivity contribution in [2.45, 2.75) is 32.4 Å². The predicted molar refractivity (Wildman–Crippen MR) is 99.3 cm³/mol. The highest BCUT2D eigenvalue weighted by Gasteiger charge is 2.27. The number of aromatic nitrogens is 2. The first-order valence-electron chi connectivity index (χ1n) is 8.61. The zero-order valence-corrected chi connectivity index (χ0v) is 15.3. The lowest BCUT2D eigenvalue weighted by molar-refractivity contribution is 0.0477. The quantitative estimate of drug-likeness (QED) is 0.732. The summed E-state index contributed by atoms with van der Waals surface area (Å²) in [6, 6.07) is 3.73. The Labute approximate surface area is 154 Å². The van der Waals surface area contributed by atoms with Crippen molar-refractivity contribution in [2.75, 3.05) is 18.4 Å². The van der Waals surface area contributed by atoms with Crippen molar-refractivity contribution >= 4 is 33.3 Å². The number of anilines is 1. The summed E-state index contributed by atoms with van der Waals surface area (Å²) in [5.74, 6) is 1.46. The van der Waals surface area contributed by atoms with E-state index in [1.165, 1.54) is 17.7 Å². The van der Waals surface area contributed by atoms with Gasteiger partial charge in [-0.3, -0.25) is 4.79 Å². The minimum absolute atomic E-state index is 0.0405. The second-order valence-electron chi connectivity index (χ2n) is 6.44. The Morgan fingerprint density at radius 3 is 3.15 bits per heavy atom. The van der Waals surface area contributed by atoms with Gasteiger partial charge in [0.05, 0.1) is 29.2 Å². The molecule has 1 amide bonds. The van der Waals surface area contributed by atoms with E-state index in [4.69, 9.17) is 4.42 Å². The maximum atomic E-state index is 12.9. The summed E-state index contributed by atoms with van der Waals surface area (Å²) in [5, 5.41) is 14.0. The predicted octanol–water partition coefficient (Wildman–Crippen LogP) is 2.80. The minimum Gasteiger partial charge on any atom is -0.467 e. The van der Waals surface area contributed by atoms with Crippen LogP contribution in [0.5, 0.6) is 0 Å². The number of piperidine rings is 1. The van der Waals surface area contributed by atoms with Gasteiger partial charge in [-0.25, -0.2) is 9.97 Å². The van der Waals surface area contributed by atoms with Crippen molar-refractivity contribution < 1.29 is 14.3 Å². The average Bonchev–Trinajstić information content (AvgIpc) is 3.28. The number of carbonyl (C=O) groups is 1. The minimum atomic E-state index is -0.437. The number of carbonyl (C=O) groups excluding carboxylic acids is 1. The number of thiophene rings is 1. The standard InChI is InChI=1S/C18H20N4O3S/c1-11-14-16(19-8-13-5-3-7-25-13)20-10-21-17(14)26-15(11)18(24)22-6-2-4-12(23)9-22/h3,5,7,10,12,23H,2,4,6,8-9H2,1H3,(H,19,20,21). The molecule has 3 aromatic heterocycles. The lowest BCUT2D eigenvalue weighted by Crippen LogP contribution is -2.42. The highest BCUT2D eigenvalue weighted by molar-refractivity contribution is 7.20. The van der Waals surface area contributed by atoms with Crippen molar-refractivity contribution in [3.05, 3.63) is 40.9 Å². The lowest BCUT2D eigenvalue weighted by atomic mass is 10.1. The molecular weight excluding hydrogens is 352 g/mol. The number of hydrogen-bond donors (Lipinski definition) is 2. The number of aliphatic hydroxyl groups is 1. The van der Waals surface area contributed by atoms with Gasteiger partial charge in [0, 0.05) is 13.1 Å². The molecule has 8 heteroatoms. The van der Waals surface area contributed by atoms with Crippen molar-refractivity contribution in [1.82, 2.24) is 14.9 Å². The molecule has 0 aromatic carbocycles. The first kappa shape index (κ1) is 17.0. The third kappa shape index (κ3) is 3.17. The van der Waals surface area contributed by atoms with Crippen LogP contribution in [0.25, 0.3) is 10.2 Å². The zero-order chi connectivity index (χ0) is 18.1. The summed E-state index contributed by atoms with van der Waals surface area (Å²) in [5.41, 5.74) is 0.873. The molecule has 0 aliphatic carbocycles. The molecule has 0 saturated carbocycles. The molecule has 1 atom stereocenters. The number of β-amino-alcohol motifs (C(OH)–C–C–N with tert-alkyl or cyclic N) is 1. The summed E-state index contributed by atoms with van der Waals surface area (Å²) in [6.07, 6.45) is 4.27. The molecule has 136 valence electrons. The van der Waals surface area contributed by atoms with Crippen molar-refractivity contribution in [2.24, 2.45) is 0 Å². The van der Waals surface area contributed by atoms with E-state index < -0.39 is 6.10 Å². The summed E-state index contributed by atoms with van der Waals surface area (Å²) in [6.45, 7) is 3.50. The summed E-state index contributed by atoms with van der Waals surface area (Å²) in [4.78, 5) is 24.8. The number of furan rings is 1. The molecule has 0 radical (unpaired) electrons. The van der Waals surface area contributed by atoms with Crippen LogP contribution in [0.2, 0.25) is 0 Å². The molecule has 3 aromatic rings. The highest BCUT2D eigenvalue weighted by Crippen LogP contribution is 2.34. The topological polar surface area (TPSA) is 91.5 Å². The van der Waals surface area contributed by atoms with E-state index in [0.29, 0.717) is 30.3 Å². The number of aryl methyl sites for hydroxylation is 1. The van der Waals surface area contributed by atoms with Gasteiger partial charge in [-0.1, -0.05) is 0 Å². The van der Waals surface area contributed by atoms with Gasteiger partial charge in [-0.2, -0.15) is 0 Å². The Morgan fingerprint density at radius 1 is 1.50 bits per heavy atom. The molecule has 1 saturated heterocycles. The average molecular weight is 372 g/mol. The van der Waals surface area contributed by atoms with E-state index in [1.807, 2.05) is 19.1 Å². The first-order chi connectivity index (χ1) is 12.6. The van der Waals surface area contributed by atoms with Crippen LogP contribution in [0.4, 0.5) is 5.82 Å². The Hall–Kier alpha value is -2.45. The van der Waals surface area contributed by atoms with E-state index in [2.05, 4.69) is 15.3 Å². The normalized spacial score (nSPS) is 17.6. The van der Waals surface area contributed by atoms with E-state index in [-0.39, 0.29) is 5.91 Å². The smallest absolute Gasteiger partial charge is 0.264 e. The maximum Gasteiger partial charge on any atom is 0.264 e. The van der Waals surface area contributed by atoms with Gasteiger partial charge >= 0.3 is 0 Å². The fraction of sp³-hybridized carbons (Fsp3) is 0.389.